The van der Waals surface area contributed by atoms with E-state index < -0.39 is 10.0 Å². The fraction of sp³-hybridized carbons (Fsp3) is 0.500. The highest BCUT2D eigenvalue weighted by Crippen LogP contribution is 2.14. The van der Waals surface area contributed by atoms with Gasteiger partial charge in [0.15, 0.2) is 0 Å². The van der Waals surface area contributed by atoms with E-state index in [1.807, 2.05) is 6.92 Å². The third-order valence-electron chi connectivity index (χ3n) is 2.59. The second-order valence-electron chi connectivity index (χ2n) is 4.15. The highest BCUT2D eigenvalue weighted by Gasteiger charge is 2.12. The van der Waals surface area contributed by atoms with Gasteiger partial charge in [0, 0.05) is 12.6 Å². The largest absolute Gasteiger partial charge is 0.497 e. The molecule has 0 saturated carbocycles. The first-order valence-corrected chi connectivity index (χ1v) is 7.39. The van der Waals surface area contributed by atoms with Crippen molar-refractivity contribution in [2.24, 2.45) is 0 Å². The van der Waals surface area contributed by atoms with Crippen LogP contribution in [0.2, 0.25) is 0 Å². The zero-order valence-electron chi connectivity index (χ0n) is 10.9. The Morgan fingerprint density at radius 1 is 1.39 bits per heavy atom. The Morgan fingerprint density at radius 3 is 2.72 bits per heavy atom. The van der Waals surface area contributed by atoms with Crippen LogP contribution in [0.1, 0.15) is 12.5 Å². The summed E-state index contributed by atoms with van der Waals surface area (Å²) in [6.07, 6.45) is 0. The van der Waals surface area contributed by atoms with Gasteiger partial charge in [-0.3, -0.25) is 0 Å². The number of hydrogen-bond donors (Lipinski definition) is 2. The summed E-state index contributed by atoms with van der Waals surface area (Å²) in [6, 6.07) is 7.15. The number of benzene rings is 1. The monoisotopic (exact) mass is 272 g/mol. The summed E-state index contributed by atoms with van der Waals surface area (Å²) < 4.78 is 31.3. The van der Waals surface area contributed by atoms with Gasteiger partial charge in [0.25, 0.3) is 0 Å². The molecule has 0 radical (unpaired) electrons. The van der Waals surface area contributed by atoms with Crippen LogP contribution in [0, 0.1) is 0 Å². The number of nitrogens with one attached hydrogen (secondary N) is 2. The van der Waals surface area contributed by atoms with Gasteiger partial charge in [-0.25, -0.2) is 13.1 Å². The van der Waals surface area contributed by atoms with E-state index in [4.69, 9.17) is 4.74 Å². The van der Waals surface area contributed by atoms with E-state index in [9.17, 15) is 8.42 Å². The molecule has 18 heavy (non-hydrogen) atoms. The highest BCUT2D eigenvalue weighted by atomic mass is 32.2. The standard InChI is InChI=1S/C12H20N2O3S/c1-10(13-2)8-14-18(15,16)9-11-5-4-6-12(7-11)17-3/h4-7,10,13-14H,8-9H2,1-3H3. The summed E-state index contributed by atoms with van der Waals surface area (Å²) in [6.45, 7) is 2.29. The molecule has 0 fully saturated rings. The lowest BCUT2D eigenvalue weighted by Crippen LogP contribution is -2.37. The average Bonchev–Trinajstić information content (AvgIpc) is 2.35. The van der Waals surface area contributed by atoms with Crippen LogP contribution < -0.4 is 14.8 Å². The van der Waals surface area contributed by atoms with Gasteiger partial charge in [0.1, 0.15) is 5.75 Å². The molecule has 5 nitrogen and oxygen atoms in total. The Hall–Kier alpha value is -1.11. The molecule has 1 rings (SSSR count). The van der Waals surface area contributed by atoms with E-state index in [1.165, 1.54) is 0 Å². The van der Waals surface area contributed by atoms with Crippen LogP contribution in [-0.2, 0) is 15.8 Å². The maximum absolute atomic E-state index is 11.8. The summed E-state index contributed by atoms with van der Waals surface area (Å²) in [5.41, 5.74) is 0.707. The number of rotatable bonds is 7. The van der Waals surface area contributed by atoms with Gasteiger partial charge in [-0.15, -0.1) is 0 Å². The van der Waals surface area contributed by atoms with Crippen molar-refractivity contribution >= 4 is 10.0 Å². The van der Waals surface area contributed by atoms with Gasteiger partial charge >= 0.3 is 0 Å². The van der Waals surface area contributed by atoms with Crippen molar-refractivity contribution in [2.75, 3.05) is 20.7 Å². The maximum atomic E-state index is 11.8. The van der Waals surface area contributed by atoms with E-state index >= 15 is 0 Å². The minimum atomic E-state index is -3.31. The molecule has 0 aliphatic heterocycles. The number of hydrogen-bond acceptors (Lipinski definition) is 4. The SMILES string of the molecule is CNC(C)CNS(=O)(=O)Cc1cccc(OC)c1. The Labute approximate surface area is 109 Å². The van der Waals surface area contributed by atoms with E-state index in [2.05, 4.69) is 10.0 Å². The first kappa shape index (κ1) is 14.9. The van der Waals surface area contributed by atoms with Gasteiger partial charge in [0.05, 0.1) is 12.9 Å². The van der Waals surface area contributed by atoms with Crippen LogP contribution in [0.3, 0.4) is 0 Å². The van der Waals surface area contributed by atoms with Crippen LogP contribution >= 0.6 is 0 Å². The molecule has 0 bridgehead atoms. The lowest BCUT2D eigenvalue weighted by molar-refractivity contribution is 0.414. The minimum Gasteiger partial charge on any atom is -0.497 e. The van der Waals surface area contributed by atoms with Crippen LogP contribution in [0.5, 0.6) is 5.75 Å². The fourth-order valence-electron chi connectivity index (χ4n) is 1.39. The van der Waals surface area contributed by atoms with Gasteiger partial charge in [-0.05, 0) is 31.7 Å². The van der Waals surface area contributed by atoms with Gasteiger partial charge < -0.3 is 10.1 Å². The van der Waals surface area contributed by atoms with Crippen molar-refractivity contribution < 1.29 is 13.2 Å². The van der Waals surface area contributed by atoms with Crippen LogP contribution in [0.15, 0.2) is 24.3 Å². The van der Waals surface area contributed by atoms with Crippen molar-refractivity contribution in [2.45, 2.75) is 18.7 Å². The smallest absolute Gasteiger partial charge is 0.215 e. The molecule has 0 amide bonds. The number of sulfonamides is 1. The lowest BCUT2D eigenvalue weighted by Gasteiger charge is -2.12. The second kappa shape index (κ2) is 6.72. The average molecular weight is 272 g/mol. The summed E-state index contributed by atoms with van der Waals surface area (Å²) in [5.74, 6) is 0.618. The molecule has 102 valence electrons. The summed E-state index contributed by atoms with van der Waals surface area (Å²) in [7, 11) is 0.0384. The number of likely N-dealkylation sites (N-methyl/N-ethyl adjacent to an activating group) is 1. The fourth-order valence-corrected chi connectivity index (χ4v) is 2.61. The molecule has 0 spiro atoms. The topological polar surface area (TPSA) is 67.4 Å². The lowest BCUT2D eigenvalue weighted by atomic mass is 10.2. The van der Waals surface area contributed by atoms with Crippen LogP contribution in [0.25, 0.3) is 0 Å². The molecule has 0 heterocycles. The van der Waals surface area contributed by atoms with E-state index in [1.54, 1.807) is 38.4 Å². The number of ether oxygens (including phenoxy) is 1. The van der Waals surface area contributed by atoms with Crippen molar-refractivity contribution in [3.05, 3.63) is 29.8 Å². The molecule has 6 heteroatoms. The second-order valence-corrected chi connectivity index (χ2v) is 5.96. The van der Waals surface area contributed by atoms with Crippen LogP contribution in [0.4, 0.5) is 0 Å². The molecule has 1 unspecified atom stereocenters. The first-order valence-electron chi connectivity index (χ1n) is 5.74. The summed E-state index contributed by atoms with van der Waals surface area (Å²) in [5, 5.41) is 2.97. The molecule has 0 aliphatic rings. The molecule has 0 saturated heterocycles. The zero-order chi connectivity index (χ0) is 13.6. The third kappa shape index (κ3) is 5.03. The molecule has 0 aromatic heterocycles. The minimum absolute atomic E-state index is 0.0410. The van der Waals surface area contributed by atoms with E-state index in [-0.39, 0.29) is 11.8 Å². The maximum Gasteiger partial charge on any atom is 0.215 e. The van der Waals surface area contributed by atoms with E-state index in [0.29, 0.717) is 17.9 Å². The highest BCUT2D eigenvalue weighted by molar-refractivity contribution is 7.88. The predicted octanol–water partition coefficient (Wildman–Crippen LogP) is 0.723. The van der Waals surface area contributed by atoms with Gasteiger partial charge in [0.2, 0.25) is 10.0 Å². The van der Waals surface area contributed by atoms with Gasteiger partial charge in [-0.1, -0.05) is 12.1 Å². The van der Waals surface area contributed by atoms with Crippen molar-refractivity contribution in [3.63, 3.8) is 0 Å². The first-order chi connectivity index (χ1) is 8.46. The van der Waals surface area contributed by atoms with Crippen molar-refractivity contribution in [1.29, 1.82) is 0 Å². The third-order valence-corrected chi connectivity index (χ3v) is 3.91. The normalized spacial score (nSPS) is 13.3. The molecule has 1 atom stereocenters. The molecular weight excluding hydrogens is 252 g/mol. The molecule has 2 N–H and O–H groups in total. The Balaban J connectivity index is 2.64. The molecular formula is C12H20N2O3S. The molecule has 1 aromatic carbocycles. The predicted molar refractivity (Wildman–Crippen MR) is 72.1 cm³/mol. The van der Waals surface area contributed by atoms with Crippen LogP contribution in [-0.4, -0.2) is 35.2 Å². The quantitative estimate of drug-likeness (QED) is 0.767. The van der Waals surface area contributed by atoms with Crippen molar-refractivity contribution in [3.8, 4) is 5.75 Å². The van der Waals surface area contributed by atoms with Gasteiger partial charge in [-0.2, -0.15) is 0 Å². The Bertz CT molecular complexity index is 474. The summed E-state index contributed by atoms with van der Waals surface area (Å²) >= 11 is 0. The molecule has 1 aromatic rings. The Morgan fingerprint density at radius 2 is 2.11 bits per heavy atom. The van der Waals surface area contributed by atoms with E-state index in [0.717, 1.165) is 0 Å². The van der Waals surface area contributed by atoms with Crippen molar-refractivity contribution in [1.82, 2.24) is 10.0 Å². The molecule has 0 aliphatic carbocycles. The number of methoxy groups -OCH3 is 1. The summed E-state index contributed by atoms with van der Waals surface area (Å²) in [4.78, 5) is 0. The zero-order valence-corrected chi connectivity index (χ0v) is 11.8. The Kier molecular flexibility index (Phi) is 5.58.